The first-order chi connectivity index (χ1) is 4.09. The molecule has 0 aromatic carbocycles. The topological polar surface area (TPSA) is 43.1 Å². The van der Waals surface area contributed by atoms with Crippen LogP contribution < -0.4 is 5.73 Å². The van der Waals surface area contributed by atoms with E-state index in [4.69, 9.17) is 5.73 Å². The highest BCUT2D eigenvalue weighted by Gasteiger charge is 2.16. The lowest BCUT2D eigenvalue weighted by Crippen LogP contribution is -2.28. The average molecular weight is 147 g/mol. The average Bonchev–Trinajstić information content (AvgIpc) is 1.64. The fourth-order valence-corrected chi connectivity index (χ4v) is 1.23. The van der Waals surface area contributed by atoms with Gasteiger partial charge in [-0.2, -0.15) is 12.6 Å². The molecule has 2 N–H and O–H groups in total. The van der Waals surface area contributed by atoms with Crippen LogP contribution in [0, 0.1) is 11.8 Å². The van der Waals surface area contributed by atoms with E-state index in [0.29, 0.717) is 11.7 Å². The van der Waals surface area contributed by atoms with Crippen LogP contribution in [-0.4, -0.2) is 11.7 Å². The van der Waals surface area contributed by atoms with Crippen molar-refractivity contribution in [2.24, 2.45) is 17.6 Å². The van der Waals surface area contributed by atoms with Crippen molar-refractivity contribution in [3.8, 4) is 0 Å². The summed E-state index contributed by atoms with van der Waals surface area (Å²) in [5.74, 6) is 0.529. The van der Waals surface area contributed by atoms with Gasteiger partial charge in [-0.05, 0) is 5.92 Å². The van der Waals surface area contributed by atoms with Gasteiger partial charge >= 0.3 is 0 Å². The summed E-state index contributed by atoms with van der Waals surface area (Å²) in [6.45, 7) is 3.93. The van der Waals surface area contributed by atoms with E-state index in [0.717, 1.165) is 0 Å². The third-order valence-corrected chi connectivity index (χ3v) is 1.76. The van der Waals surface area contributed by atoms with Crippen molar-refractivity contribution < 1.29 is 4.79 Å². The molecule has 1 amide bonds. The quantitative estimate of drug-likeness (QED) is 0.566. The molecule has 0 aliphatic rings. The molecule has 0 rings (SSSR count). The first-order valence-electron chi connectivity index (χ1n) is 2.99. The zero-order chi connectivity index (χ0) is 7.44. The molecule has 0 heterocycles. The Morgan fingerprint density at radius 1 is 1.67 bits per heavy atom. The maximum absolute atomic E-state index is 10.5. The Balaban J connectivity index is 3.83. The summed E-state index contributed by atoms with van der Waals surface area (Å²) in [5.41, 5.74) is 5.06. The van der Waals surface area contributed by atoms with Crippen LogP contribution in [-0.2, 0) is 4.79 Å². The van der Waals surface area contributed by atoms with Gasteiger partial charge in [-0.25, -0.2) is 0 Å². The Morgan fingerprint density at radius 3 is 2.11 bits per heavy atom. The second kappa shape index (κ2) is 3.77. The van der Waals surface area contributed by atoms with E-state index in [1.54, 1.807) is 0 Å². The molecule has 0 spiro atoms. The van der Waals surface area contributed by atoms with Crippen molar-refractivity contribution in [3.05, 3.63) is 0 Å². The fraction of sp³-hybridized carbons (Fsp3) is 0.833. The van der Waals surface area contributed by atoms with Crippen molar-refractivity contribution in [1.82, 2.24) is 0 Å². The molecule has 1 atom stereocenters. The van der Waals surface area contributed by atoms with Gasteiger partial charge in [0.2, 0.25) is 5.91 Å². The molecule has 0 aliphatic carbocycles. The lowest BCUT2D eigenvalue weighted by molar-refractivity contribution is -0.122. The summed E-state index contributed by atoms with van der Waals surface area (Å²) in [5, 5.41) is 0. The highest BCUT2D eigenvalue weighted by molar-refractivity contribution is 7.80. The van der Waals surface area contributed by atoms with Gasteiger partial charge in [0, 0.05) is 11.7 Å². The van der Waals surface area contributed by atoms with Gasteiger partial charge < -0.3 is 5.73 Å². The lowest BCUT2D eigenvalue weighted by Gasteiger charge is -2.12. The highest BCUT2D eigenvalue weighted by Crippen LogP contribution is 2.10. The van der Waals surface area contributed by atoms with Gasteiger partial charge in [0.25, 0.3) is 0 Å². The Hall–Kier alpha value is -0.180. The molecule has 0 saturated heterocycles. The van der Waals surface area contributed by atoms with Gasteiger partial charge in [0.05, 0.1) is 0 Å². The van der Waals surface area contributed by atoms with Crippen molar-refractivity contribution in [1.29, 1.82) is 0 Å². The van der Waals surface area contributed by atoms with Crippen LogP contribution in [0.25, 0.3) is 0 Å². The van der Waals surface area contributed by atoms with E-state index in [1.165, 1.54) is 0 Å². The van der Waals surface area contributed by atoms with Crippen LogP contribution in [0.5, 0.6) is 0 Å². The number of hydrogen-bond acceptors (Lipinski definition) is 2. The molecule has 0 fully saturated rings. The van der Waals surface area contributed by atoms with Gasteiger partial charge in [-0.15, -0.1) is 0 Å². The Morgan fingerprint density at radius 2 is 2.11 bits per heavy atom. The molecule has 0 unspecified atom stereocenters. The van der Waals surface area contributed by atoms with Gasteiger partial charge in [-0.3, -0.25) is 4.79 Å². The van der Waals surface area contributed by atoms with E-state index >= 15 is 0 Å². The Kier molecular flexibility index (Phi) is 3.70. The second-order valence-corrected chi connectivity index (χ2v) is 2.80. The molecule has 0 aromatic heterocycles. The first-order valence-corrected chi connectivity index (χ1v) is 3.63. The van der Waals surface area contributed by atoms with Crippen molar-refractivity contribution >= 4 is 18.5 Å². The molecule has 0 radical (unpaired) electrons. The molecular formula is C6H13NOS. The highest BCUT2D eigenvalue weighted by atomic mass is 32.1. The molecule has 54 valence electrons. The maximum Gasteiger partial charge on any atom is 0.221 e. The smallest absolute Gasteiger partial charge is 0.221 e. The number of thiol groups is 1. The number of hydrogen-bond donors (Lipinski definition) is 2. The summed E-state index contributed by atoms with van der Waals surface area (Å²) < 4.78 is 0. The standard InChI is InChI=1S/C6H13NOS/c1-4(2)5(3-9)6(7)8/h4-5,9H,3H2,1-2H3,(H2,7,8)/t5-/m1/s1. The monoisotopic (exact) mass is 147 g/mol. The van der Waals surface area contributed by atoms with Crippen molar-refractivity contribution in [2.75, 3.05) is 5.75 Å². The van der Waals surface area contributed by atoms with E-state index in [9.17, 15) is 4.79 Å². The van der Waals surface area contributed by atoms with Crippen LogP contribution in [0.1, 0.15) is 13.8 Å². The fourth-order valence-electron chi connectivity index (χ4n) is 0.629. The van der Waals surface area contributed by atoms with Crippen LogP contribution in [0.2, 0.25) is 0 Å². The van der Waals surface area contributed by atoms with Crippen molar-refractivity contribution in [2.45, 2.75) is 13.8 Å². The predicted molar refractivity (Wildman–Crippen MR) is 41.4 cm³/mol. The summed E-state index contributed by atoms with van der Waals surface area (Å²) >= 11 is 3.99. The number of amides is 1. The van der Waals surface area contributed by atoms with E-state index < -0.39 is 0 Å². The molecule has 0 saturated carbocycles. The van der Waals surface area contributed by atoms with Crippen LogP contribution in [0.4, 0.5) is 0 Å². The minimum atomic E-state index is -0.250. The molecule has 0 aliphatic heterocycles. The van der Waals surface area contributed by atoms with Crippen LogP contribution in [0.3, 0.4) is 0 Å². The molecule has 9 heavy (non-hydrogen) atoms. The van der Waals surface area contributed by atoms with Crippen LogP contribution >= 0.6 is 12.6 Å². The molecule has 2 nitrogen and oxygen atoms in total. The zero-order valence-electron chi connectivity index (χ0n) is 5.79. The molecule has 0 bridgehead atoms. The predicted octanol–water partition coefficient (Wildman–Crippen LogP) is 0.674. The Labute approximate surface area is 61.2 Å². The zero-order valence-corrected chi connectivity index (χ0v) is 6.69. The second-order valence-electron chi connectivity index (χ2n) is 2.44. The SMILES string of the molecule is CC(C)[C@@H](CS)C(N)=O. The van der Waals surface area contributed by atoms with Gasteiger partial charge in [0.15, 0.2) is 0 Å². The molecule has 0 aromatic rings. The lowest BCUT2D eigenvalue weighted by atomic mass is 9.98. The third kappa shape index (κ3) is 2.75. The maximum atomic E-state index is 10.5. The largest absolute Gasteiger partial charge is 0.369 e. The summed E-state index contributed by atoms with van der Waals surface area (Å²) in [6, 6.07) is 0. The Bertz CT molecular complexity index is 103. The molecular weight excluding hydrogens is 134 g/mol. The number of primary amides is 1. The van der Waals surface area contributed by atoms with E-state index in [2.05, 4.69) is 12.6 Å². The summed E-state index contributed by atoms with van der Waals surface area (Å²) in [4.78, 5) is 10.5. The van der Waals surface area contributed by atoms with E-state index in [-0.39, 0.29) is 11.8 Å². The van der Waals surface area contributed by atoms with Gasteiger partial charge in [0.1, 0.15) is 0 Å². The minimum absolute atomic E-state index is 0.0756. The summed E-state index contributed by atoms with van der Waals surface area (Å²) in [6.07, 6.45) is 0. The normalized spacial score (nSPS) is 13.8. The van der Waals surface area contributed by atoms with Crippen LogP contribution in [0.15, 0.2) is 0 Å². The van der Waals surface area contributed by atoms with Gasteiger partial charge in [-0.1, -0.05) is 13.8 Å². The number of rotatable bonds is 3. The van der Waals surface area contributed by atoms with Crippen molar-refractivity contribution in [3.63, 3.8) is 0 Å². The van der Waals surface area contributed by atoms with E-state index in [1.807, 2.05) is 13.8 Å². The third-order valence-electron chi connectivity index (χ3n) is 1.37. The number of nitrogens with two attached hydrogens (primary N) is 1. The number of carbonyl (C=O) groups is 1. The summed E-state index contributed by atoms with van der Waals surface area (Å²) in [7, 11) is 0. The molecule has 3 heteroatoms. The minimum Gasteiger partial charge on any atom is -0.369 e. The number of carbonyl (C=O) groups excluding carboxylic acids is 1. The first kappa shape index (κ1) is 8.82.